The van der Waals surface area contributed by atoms with E-state index in [1.165, 1.54) is 12.2 Å². The van der Waals surface area contributed by atoms with Crippen LogP contribution in [0.4, 0.5) is 0 Å². The number of carbonyl (C=O) groups excluding carboxylic acids is 2. The lowest BCUT2D eigenvalue weighted by Gasteiger charge is -2.10. The Bertz CT molecular complexity index is 409. The molecule has 0 heterocycles. The number of allylic oxidation sites excluding steroid dienone is 3. The molecule has 0 amide bonds. The van der Waals surface area contributed by atoms with Gasteiger partial charge in [-0.15, -0.1) is 0 Å². The van der Waals surface area contributed by atoms with Crippen molar-refractivity contribution in [2.45, 2.75) is 13.8 Å². The summed E-state index contributed by atoms with van der Waals surface area (Å²) in [6, 6.07) is 0. The number of hydrogen-bond acceptors (Lipinski definition) is 5. The minimum Gasteiger partial charge on any atom is -0.465 e. The summed E-state index contributed by atoms with van der Waals surface area (Å²) >= 11 is 0. The summed E-state index contributed by atoms with van der Waals surface area (Å²) in [5, 5.41) is 10.8. The number of carbonyl (C=O) groups is 2. The van der Waals surface area contributed by atoms with E-state index in [0.29, 0.717) is 6.29 Å². The Morgan fingerprint density at radius 3 is 2.50 bits per heavy atom. The SMILES string of the molecule is C=C/C(=C(\C=C/C)C(C=O)C(=O)OCC)[N+](=O)[O-]. The molecule has 1 unspecified atom stereocenters. The summed E-state index contributed by atoms with van der Waals surface area (Å²) in [6.45, 7) is 6.60. The molecule has 6 nitrogen and oxygen atoms in total. The maximum absolute atomic E-state index is 11.6. The van der Waals surface area contributed by atoms with Crippen molar-refractivity contribution >= 4 is 12.3 Å². The van der Waals surface area contributed by atoms with Gasteiger partial charge in [0.05, 0.1) is 17.1 Å². The van der Waals surface area contributed by atoms with E-state index >= 15 is 0 Å². The van der Waals surface area contributed by atoms with Crippen molar-refractivity contribution in [3.63, 3.8) is 0 Å². The molecular formula is C12H15NO5. The van der Waals surface area contributed by atoms with Crippen LogP contribution in [0.15, 0.2) is 36.1 Å². The highest BCUT2D eigenvalue weighted by molar-refractivity contribution is 5.92. The van der Waals surface area contributed by atoms with Crippen molar-refractivity contribution in [3.05, 3.63) is 46.2 Å². The number of hydrogen-bond donors (Lipinski definition) is 0. The number of nitrogens with zero attached hydrogens (tertiary/aromatic N) is 1. The van der Waals surface area contributed by atoms with Crippen molar-refractivity contribution in [1.82, 2.24) is 0 Å². The van der Waals surface area contributed by atoms with Crippen molar-refractivity contribution in [2.24, 2.45) is 5.92 Å². The normalized spacial score (nSPS) is 13.7. The van der Waals surface area contributed by atoms with Crippen molar-refractivity contribution in [3.8, 4) is 0 Å². The van der Waals surface area contributed by atoms with Crippen LogP contribution < -0.4 is 0 Å². The van der Waals surface area contributed by atoms with Crippen LogP contribution in [0.25, 0.3) is 0 Å². The Morgan fingerprint density at radius 2 is 2.17 bits per heavy atom. The molecule has 0 bridgehead atoms. The van der Waals surface area contributed by atoms with E-state index in [9.17, 15) is 19.7 Å². The highest BCUT2D eigenvalue weighted by Gasteiger charge is 2.28. The Labute approximate surface area is 105 Å². The maximum Gasteiger partial charge on any atom is 0.320 e. The fraction of sp³-hybridized carbons (Fsp3) is 0.333. The molecule has 0 aromatic rings. The van der Waals surface area contributed by atoms with E-state index in [2.05, 4.69) is 6.58 Å². The lowest BCUT2D eigenvalue weighted by atomic mass is 9.98. The molecular weight excluding hydrogens is 238 g/mol. The molecule has 0 aromatic heterocycles. The largest absolute Gasteiger partial charge is 0.465 e. The van der Waals surface area contributed by atoms with E-state index in [-0.39, 0.29) is 12.2 Å². The van der Waals surface area contributed by atoms with Crippen molar-refractivity contribution < 1.29 is 19.2 Å². The van der Waals surface area contributed by atoms with Gasteiger partial charge in [0.25, 0.3) is 5.70 Å². The molecule has 0 saturated carbocycles. The first-order valence-corrected chi connectivity index (χ1v) is 5.29. The fourth-order valence-electron chi connectivity index (χ4n) is 1.31. The zero-order valence-corrected chi connectivity index (χ0v) is 10.3. The molecule has 0 spiro atoms. The van der Waals surface area contributed by atoms with Crippen LogP contribution in [-0.2, 0) is 14.3 Å². The van der Waals surface area contributed by atoms with Gasteiger partial charge in [-0.2, -0.15) is 0 Å². The average Bonchev–Trinajstić information content (AvgIpc) is 2.30. The Hall–Kier alpha value is -2.24. The predicted molar refractivity (Wildman–Crippen MR) is 65.2 cm³/mol. The second-order valence-electron chi connectivity index (χ2n) is 3.17. The number of rotatable bonds is 7. The monoisotopic (exact) mass is 253 g/mol. The second-order valence-corrected chi connectivity index (χ2v) is 3.17. The molecule has 98 valence electrons. The van der Waals surface area contributed by atoms with E-state index in [0.717, 1.165) is 6.08 Å². The third kappa shape index (κ3) is 3.97. The number of aldehydes is 1. The predicted octanol–water partition coefficient (Wildman–Crippen LogP) is 1.66. The molecule has 18 heavy (non-hydrogen) atoms. The van der Waals surface area contributed by atoms with E-state index in [4.69, 9.17) is 4.74 Å². The average molecular weight is 253 g/mol. The first kappa shape index (κ1) is 15.8. The molecule has 0 aromatic carbocycles. The fourth-order valence-corrected chi connectivity index (χ4v) is 1.31. The van der Waals surface area contributed by atoms with Gasteiger partial charge in [0.2, 0.25) is 0 Å². The van der Waals surface area contributed by atoms with Crippen molar-refractivity contribution in [1.29, 1.82) is 0 Å². The standard InChI is InChI=1S/C12H15NO5/c1-4-7-9(11(5-2)13(16)17)10(8-14)12(15)18-6-3/h4-5,7-8,10H,2,6H2,1,3H3/b7-4-,11-9-. The lowest BCUT2D eigenvalue weighted by Crippen LogP contribution is -2.22. The van der Waals surface area contributed by atoms with Gasteiger partial charge in [0, 0.05) is 6.08 Å². The summed E-state index contributed by atoms with van der Waals surface area (Å²) in [5.74, 6) is -2.14. The Balaban J connectivity index is 5.70. The summed E-state index contributed by atoms with van der Waals surface area (Å²) in [6.07, 6.45) is 4.14. The summed E-state index contributed by atoms with van der Waals surface area (Å²) in [5.41, 5.74) is -0.427. The zero-order valence-electron chi connectivity index (χ0n) is 10.3. The van der Waals surface area contributed by atoms with Gasteiger partial charge in [-0.3, -0.25) is 14.9 Å². The quantitative estimate of drug-likeness (QED) is 0.172. The highest BCUT2D eigenvalue weighted by atomic mass is 16.6. The second kappa shape index (κ2) is 7.94. The number of esters is 1. The maximum atomic E-state index is 11.6. The third-order valence-electron chi connectivity index (χ3n) is 2.04. The molecule has 0 aliphatic carbocycles. The van der Waals surface area contributed by atoms with Gasteiger partial charge in [-0.05, 0) is 13.8 Å². The number of ether oxygens (including phenoxy) is 1. The lowest BCUT2D eigenvalue weighted by molar-refractivity contribution is -0.420. The molecule has 0 rings (SSSR count). The summed E-state index contributed by atoms with van der Waals surface area (Å²) < 4.78 is 4.70. The molecule has 1 atom stereocenters. The molecule has 0 aliphatic rings. The topological polar surface area (TPSA) is 86.5 Å². The molecule has 0 fully saturated rings. The van der Waals surface area contributed by atoms with Gasteiger partial charge in [0.1, 0.15) is 12.2 Å². The Morgan fingerprint density at radius 1 is 1.56 bits per heavy atom. The van der Waals surface area contributed by atoms with Gasteiger partial charge in [-0.1, -0.05) is 18.7 Å². The first-order chi connectivity index (χ1) is 8.53. The van der Waals surface area contributed by atoms with Crippen molar-refractivity contribution in [2.75, 3.05) is 6.61 Å². The third-order valence-corrected chi connectivity index (χ3v) is 2.04. The highest BCUT2D eigenvalue weighted by Crippen LogP contribution is 2.19. The Kier molecular flexibility index (Phi) is 6.95. The van der Waals surface area contributed by atoms with Crippen LogP contribution in [0.1, 0.15) is 13.8 Å². The first-order valence-electron chi connectivity index (χ1n) is 5.29. The van der Waals surface area contributed by atoms with Crippen LogP contribution >= 0.6 is 0 Å². The molecule has 0 saturated heterocycles. The van der Waals surface area contributed by atoms with E-state index < -0.39 is 22.5 Å². The summed E-state index contributed by atoms with van der Waals surface area (Å²) in [7, 11) is 0. The molecule has 6 heteroatoms. The van der Waals surface area contributed by atoms with Crippen LogP contribution in [0.2, 0.25) is 0 Å². The minimum atomic E-state index is -1.32. The zero-order chi connectivity index (χ0) is 14.1. The van der Waals surface area contributed by atoms with Crippen LogP contribution in [-0.4, -0.2) is 23.8 Å². The summed E-state index contributed by atoms with van der Waals surface area (Å²) in [4.78, 5) is 32.6. The van der Waals surface area contributed by atoms with E-state index in [1.807, 2.05) is 0 Å². The molecule has 0 aliphatic heterocycles. The van der Waals surface area contributed by atoms with Crippen LogP contribution in [0.5, 0.6) is 0 Å². The van der Waals surface area contributed by atoms with Crippen LogP contribution in [0.3, 0.4) is 0 Å². The van der Waals surface area contributed by atoms with Crippen LogP contribution in [0, 0.1) is 16.0 Å². The van der Waals surface area contributed by atoms with Gasteiger partial charge in [0.15, 0.2) is 0 Å². The minimum absolute atomic E-state index is 0.0362. The smallest absolute Gasteiger partial charge is 0.320 e. The van der Waals surface area contributed by atoms with Gasteiger partial charge in [-0.25, -0.2) is 0 Å². The molecule has 0 N–H and O–H groups in total. The van der Waals surface area contributed by atoms with Gasteiger partial charge < -0.3 is 9.53 Å². The van der Waals surface area contributed by atoms with E-state index in [1.54, 1.807) is 13.8 Å². The number of nitro groups is 1. The molecule has 0 radical (unpaired) electrons. The van der Waals surface area contributed by atoms with Gasteiger partial charge >= 0.3 is 5.97 Å².